The molecule has 0 aliphatic rings. The summed E-state index contributed by atoms with van der Waals surface area (Å²) < 4.78 is 0. The summed E-state index contributed by atoms with van der Waals surface area (Å²) in [5.41, 5.74) is 4.04. The van der Waals surface area contributed by atoms with Crippen molar-refractivity contribution in [3.05, 3.63) is 47.3 Å². The number of hydrogen-bond donors (Lipinski definition) is 3. The minimum absolute atomic E-state index is 0.0654. The van der Waals surface area contributed by atoms with Crippen LogP contribution in [0.3, 0.4) is 0 Å². The Morgan fingerprint density at radius 3 is 2.85 bits per heavy atom. The summed E-state index contributed by atoms with van der Waals surface area (Å²) in [5.74, 6) is 0.495. The van der Waals surface area contributed by atoms with E-state index in [9.17, 15) is 4.79 Å². The van der Waals surface area contributed by atoms with Gasteiger partial charge in [0.25, 0.3) is 0 Å². The zero-order valence-corrected chi connectivity index (χ0v) is 11.4. The van der Waals surface area contributed by atoms with Gasteiger partial charge in [0.1, 0.15) is 0 Å². The zero-order valence-electron chi connectivity index (χ0n) is 11.4. The molecular weight excluding hydrogens is 252 g/mol. The van der Waals surface area contributed by atoms with Gasteiger partial charge in [-0.25, -0.2) is 0 Å². The van der Waals surface area contributed by atoms with Gasteiger partial charge in [-0.2, -0.15) is 5.10 Å². The lowest BCUT2D eigenvalue weighted by atomic mass is 10.1. The molecule has 3 rings (SSSR count). The maximum atomic E-state index is 12.1. The summed E-state index contributed by atoms with van der Waals surface area (Å²) in [5, 5.41) is 10.7. The van der Waals surface area contributed by atoms with E-state index in [2.05, 4.69) is 20.5 Å². The van der Waals surface area contributed by atoms with E-state index in [1.807, 2.05) is 38.1 Å². The fraction of sp³-hybridized carbons (Fsp3) is 0.200. The summed E-state index contributed by atoms with van der Waals surface area (Å²) in [7, 11) is 0. The molecule has 0 spiro atoms. The molecule has 2 aromatic heterocycles. The maximum absolute atomic E-state index is 12.1. The second kappa shape index (κ2) is 4.85. The third-order valence-electron chi connectivity index (χ3n) is 3.34. The van der Waals surface area contributed by atoms with Gasteiger partial charge < -0.3 is 10.3 Å². The quantitative estimate of drug-likeness (QED) is 0.683. The largest absolute Gasteiger partial charge is 0.358 e. The van der Waals surface area contributed by atoms with E-state index in [0.29, 0.717) is 12.2 Å². The Kier molecular flexibility index (Phi) is 3.02. The van der Waals surface area contributed by atoms with Crippen LogP contribution in [0.2, 0.25) is 0 Å². The van der Waals surface area contributed by atoms with Crippen LogP contribution in [0, 0.1) is 13.8 Å². The number of aromatic amines is 2. The van der Waals surface area contributed by atoms with Crippen molar-refractivity contribution in [2.75, 3.05) is 5.32 Å². The number of carbonyl (C=O) groups is 1. The van der Waals surface area contributed by atoms with E-state index >= 15 is 0 Å². The Balaban J connectivity index is 1.82. The van der Waals surface area contributed by atoms with Crippen molar-refractivity contribution in [2.24, 2.45) is 0 Å². The van der Waals surface area contributed by atoms with Crippen molar-refractivity contribution >= 4 is 22.6 Å². The Bertz CT molecular complexity index is 769. The van der Waals surface area contributed by atoms with Crippen molar-refractivity contribution < 1.29 is 4.79 Å². The highest BCUT2D eigenvalue weighted by molar-refractivity contribution is 5.95. The van der Waals surface area contributed by atoms with Crippen LogP contribution in [-0.2, 0) is 11.2 Å². The lowest BCUT2D eigenvalue weighted by Crippen LogP contribution is -2.15. The molecular formula is C15H16N4O. The number of aryl methyl sites for hydroxylation is 2. The summed E-state index contributed by atoms with van der Waals surface area (Å²) in [6, 6.07) is 9.81. The van der Waals surface area contributed by atoms with E-state index in [4.69, 9.17) is 0 Å². The van der Waals surface area contributed by atoms with Crippen LogP contribution >= 0.6 is 0 Å². The van der Waals surface area contributed by atoms with Crippen molar-refractivity contribution in [3.63, 3.8) is 0 Å². The monoisotopic (exact) mass is 268 g/mol. The minimum atomic E-state index is -0.0654. The van der Waals surface area contributed by atoms with Gasteiger partial charge in [-0.15, -0.1) is 0 Å². The van der Waals surface area contributed by atoms with Gasteiger partial charge in [-0.1, -0.05) is 18.2 Å². The number of H-pyrrole nitrogens is 2. The number of benzene rings is 1. The molecule has 1 aromatic carbocycles. The van der Waals surface area contributed by atoms with Gasteiger partial charge in [0.05, 0.1) is 6.42 Å². The zero-order chi connectivity index (χ0) is 14.1. The first-order valence-electron chi connectivity index (χ1n) is 6.51. The molecule has 0 unspecified atom stereocenters. The number of fused-ring (bicyclic) bond motifs is 1. The number of amides is 1. The van der Waals surface area contributed by atoms with Crippen LogP contribution < -0.4 is 5.32 Å². The summed E-state index contributed by atoms with van der Waals surface area (Å²) in [6.07, 6.45) is 0.335. The Morgan fingerprint density at radius 1 is 1.30 bits per heavy atom. The topological polar surface area (TPSA) is 73.6 Å². The minimum Gasteiger partial charge on any atom is -0.358 e. The third kappa shape index (κ3) is 2.30. The van der Waals surface area contributed by atoms with Crippen LogP contribution in [0.25, 0.3) is 10.9 Å². The Hall–Kier alpha value is -2.56. The highest BCUT2D eigenvalue weighted by Crippen LogP contribution is 2.22. The van der Waals surface area contributed by atoms with E-state index in [1.165, 1.54) is 0 Å². The van der Waals surface area contributed by atoms with E-state index < -0.39 is 0 Å². The fourth-order valence-electron chi connectivity index (χ4n) is 2.39. The molecule has 5 nitrogen and oxygen atoms in total. The first kappa shape index (κ1) is 12.5. The number of hydrogen-bond acceptors (Lipinski definition) is 2. The second-order valence-corrected chi connectivity index (χ2v) is 4.94. The van der Waals surface area contributed by atoms with Crippen molar-refractivity contribution in [3.8, 4) is 0 Å². The number of rotatable bonds is 3. The Morgan fingerprint density at radius 2 is 2.10 bits per heavy atom. The van der Waals surface area contributed by atoms with E-state index in [1.54, 1.807) is 6.07 Å². The van der Waals surface area contributed by atoms with E-state index in [0.717, 1.165) is 27.9 Å². The van der Waals surface area contributed by atoms with Crippen LogP contribution in [0.15, 0.2) is 30.3 Å². The molecule has 0 saturated carbocycles. The summed E-state index contributed by atoms with van der Waals surface area (Å²) >= 11 is 0. The lowest BCUT2D eigenvalue weighted by molar-refractivity contribution is -0.115. The molecule has 0 radical (unpaired) electrons. The van der Waals surface area contributed by atoms with Crippen molar-refractivity contribution in [2.45, 2.75) is 20.3 Å². The first-order valence-corrected chi connectivity index (χ1v) is 6.51. The van der Waals surface area contributed by atoms with Gasteiger partial charge in [0.15, 0.2) is 5.82 Å². The van der Waals surface area contributed by atoms with Crippen LogP contribution in [0.4, 0.5) is 5.82 Å². The highest BCUT2D eigenvalue weighted by atomic mass is 16.1. The number of para-hydroxylation sites is 1. The molecule has 20 heavy (non-hydrogen) atoms. The second-order valence-electron chi connectivity index (χ2n) is 4.94. The van der Waals surface area contributed by atoms with Gasteiger partial charge >= 0.3 is 0 Å². The molecule has 102 valence electrons. The van der Waals surface area contributed by atoms with Gasteiger partial charge in [-0.05, 0) is 25.5 Å². The molecule has 2 heterocycles. The van der Waals surface area contributed by atoms with Crippen molar-refractivity contribution in [1.82, 2.24) is 15.2 Å². The molecule has 0 aliphatic carbocycles. The summed E-state index contributed by atoms with van der Waals surface area (Å²) in [6.45, 7) is 3.88. The predicted molar refractivity (Wildman–Crippen MR) is 78.7 cm³/mol. The standard InChI is InChI=1S/C15H16N4O/c1-9-7-14(19-18-9)17-15(20)8-12-10(2)16-13-6-4-3-5-11(12)13/h3-7,16H,8H2,1-2H3,(H2,17,18,19,20). The van der Waals surface area contributed by atoms with Crippen LogP contribution in [0.1, 0.15) is 17.0 Å². The number of aromatic nitrogens is 3. The summed E-state index contributed by atoms with van der Waals surface area (Å²) in [4.78, 5) is 15.4. The smallest absolute Gasteiger partial charge is 0.230 e. The fourth-order valence-corrected chi connectivity index (χ4v) is 2.39. The Labute approximate surface area is 116 Å². The van der Waals surface area contributed by atoms with Gasteiger partial charge in [0, 0.05) is 28.4 Å². The molecule has 1 amide bonds. The highest BCUT2D eigenvalue weighted by Gasteiger charge is 2.13. The molecule has 3 aromatic rings. The van der Waals surface area contributed by atoms with Crippen LogP contribution in [-0.4, -0.2) is 21.1 Å². The first-order chi connectivity index (χ1) is 9.63. The number of carbonyl (C=O) groups excluding carboxylic acids is 1. The van der Waals surface area contributed by atoms with Gasteiger partial charge in [-0.3, -0.25) is 9.89 Å². The third-order valence-corrected chi connectivity index (χ3v) is 3.34. The normalized spacial score (nSPS) is 10.9. The molecule has 0 bridgehead atoms. The lowest BCUT2D eigenvalue weighted by Gasteiger charge is -2.02. The molecule has 0 atom stereocenters. The molecule has 0 saturated heterocycles. The molecule has 3 N–H and O–H groups in total. The average Bonchev–Trinajstić information content (AvgIpc) is 2.94. The van der Waals surface area contributed by atoms with Gasteiger partial charge in [0.2, 0.25) is 5.91 Å². The molecule has 5 heteroatoms. The van der Waals surface area contributed by atoms with Crippen molar-refractivity contribution in [1.29, 1.82) is 0 Å². The van der Waals surface area contributed by atoms with E-state index in [-0.39, 0.29) is 5.91 Å². The predicted octanol–water partition coefficient (Wildman–Crippen LogP) is 2.69. The number of nitrogens with zero attached hydrogens (tertiary/aromatic N) is 1. The molecule has 0 fully saturated rings. The number of anilines is 1. The SMILES string of the molecule is Cc1cc(NC(=O)Cc2c(C)[nH]c3ccccc23)n[nH]1. The molecule has 0 aliphatic heterocycles. The van der Waals surface area contributed by atoms with Crippen LogP contribution in [0.5, 0.6) is 0 Å². The average molecular weight is 268 g/mol. The number of nitrogens with one attached hydrogen (secondary N) is 3. The maximum Gasteiger partial charge on any atom is 0.230 e.